The van der Waals surface area contributed by atoms with Crippen LogP contribution in [0.5, 0.6) is 5.75 Å². The number of carbonyl (C=O) groups excluding carboxylic acids is 1. The van der Waals surface area contributed by atoms with E-state index >= 15 is 0 Å². The van der Waals surface area contributed by atoms with Crippen molar-refractivity contribution < 1.29 is 14.6 Å². The Bertz CT molecular complexity index is 1020. The smallest absolute Gasteiger partial charge is 0.348 e. The van der Waals surface area contributed by atoms with Crippen LogP contribution in [-0.2, 0) is 4.74 Å². The van der Waals surface area contributed by atoms with Crippen LogP contribution in [-0.4, -0.2) is 33.6 Å². The first-order chi connectivity index (χ1) is 12.0. The van der Waals surface area contributed by atoms with Crippen molar-refractivity contribution in [1.82, 2.24) is 9.66 Å². The second kappa shape index (κ2) is 6.86. The van der Waals surface area contributed by atoms with Crippen molar-refractivity contribution in [1.29, 1.82) is 0 Å². The van der Waals surface area contributed by atoms with Gasteiger partial charge in [-0.2, -0.15) is 9.78 Å². The predicted octanol–water partition coefficient (Wildman–Crippen LogP) is 2.53. The molecule has 0 radical (unpaired) electrons. The lowest BCUT2D eigenvalue weighted by Gasteiger charge is -2.00. The summed E-state index contributed by atoms with van der Waals surface area (Å²) in [6, 6.07) is 6.40. The Morgan fingerprint density at radius 2 is 2.12 bits per heavy atom. The second-order valence-corrected chi connectivity index (χ2v) is 6.19. The van der Waals surface area contributed by atoms with Crippen molar-refractivity contribution in [2.75, 3.05) is 6.61 Å². The van der Waals surface area contributed by atoms with Gasteiger partial charge in [-0.1, -0.05) is 0 Å². The summed E-state index contributed by atoms with van der Waals surface area (Å²) in [4.78, 5) is 29.7. The van der Waals surface area contributed by atoms with E-state index in [1.165, 1.54) is 24.7 Å². The van der Waals surface area contributed by atoms with E-state index in [0.29, 0.717) is 20.7 Å². The Kier molecular flexibility index (Phi) is 4.62. The Morgan fingerprint density at radius 1 is 1.40 bits per heavy atom. The van der Waals surface area contributed by atoms with E-state index in [4.69, 9.17) is 4.74 Å². The number of aromatic hydroxyl groups is 1. The standard InChI is InChI=1S/C17H15N3O4S/c1-3-24-17(23)14-10(2)13-15(25-14)18-9-20(16(13)22)19-8-11-4-6-12(21)7-5-11/h4-9,21H,3H2,1-2H3/b19-8+. The molecule has 0 unspecified atom stereocenters. The molecule has 1 aromatic carbocycles. The van der Waals surface area contributed by atoms with Crippen molar-refractivity contribution in [2.45, 2.75) is 13.8 Å². The molecule has 0 amide bonds. The van der Waals surface area contributed by atoms with Crippen molar-refractivity contribution in [2.24, 2.45) is 5.10 Å². The number of hydrogen-bond donors (Lipinski definition) is 1. The zero-order chi connectivity index (χ0) is 18.0. The lowest BCUT2D eigenvalue weighted by Crippen LogP contribution is -2.17. The van der Waals surface area contributed by atoms with Crippen LogP contribution in [0, 0.1) is 6.92 Å². The fourth-order valence-corrected chi connectivity index (χ4v) is 3.31. The first kappa shape index (κ1) is 16.8. The molecule has 0 aliphatic carbocycles. The molecule has 0 aliphatic heterocycles. The SMILES string of the molecule is CCOC(=O)c1sc2ncn(/N=C/c3ccc(O)cc3)c(=O)c2c1C. The predicted molar refractivity (Wildman–Crippen MR) is 95.7 cm³/mol. The van der Waals surface area contributed by atoms with Crippen LogP contribution in [0.3, 0.4) is 0 Å². The number of fused-ring (bicyclic) bond motifs is 1. The number of esters is 1. The molecule has 0 bridgehead atoms. The third kappa shape index (κ3) is 3.29. The van der Waals surface area contributed by atoms with Gasteiger partial charge in [0, 0.05) is 0 Å². The normalized spacial score (nSPS) is 11.3. The topological polar surface area (TPSA) is 93.8 Å². The van der Waals surface area contributed by atoms with Crippen LogP contribution < -0.4 is 5.56 Å². The van der Waals surface area contributed by atoms with Crippen LogP contribution in [0.1, 0.15) is 27.7 Å². The van der Waals surface area contributed by atoms with Gasteiger partial charge < -0.3 is 9.84 Å². The minimum absolute atomic E-state index is 0.151. The number of nitrogens with zero attached hydrogens (tertiary/aromatic N) is 3. The fraction of sp³-hybridized carbons (Fsp3) is 0.176. The molecule has 0 saturated heterocycles. The van der Waals surface area contributed by atoms with Crippen molar-refractivity contribution in [3.8, 4) is 5.75 Å². The molecule has 7 nitrogen and oxygen atoms in total. The number of carbonyl (C=O) groups is 1. The molecule has 25 heavy (non-hydrogen) atoms. The molecule has 1 N–H and O–H groups in total. The number of phenols is 1. The average molecular weight is 357 g/mol. The minimum atomic E-state index is -0.457. The molecule has 0 atom stereocenters. The maximum Gasteiger partial charge on any atom is 0.348 e. The molecule has 0 aliphatic rings. The first-order valence-corrected chi connectivity index (χ1v) is 8.34. The molecule has 0 saturated carbocycles. The Morgan fingerprint density at radius 3 is 2.80 bits per heavy atom. The van der Waals surface area contributed by atoms with Crippen molar-refractivity contribution in [3.63, 3.8) is 0 Å². The Labute approximate surface area is 146 Å². The van der Waals surface area contributed by atoms with Crippen LogP contribution in [0.25, 0.3) is 10.2 Å². The maximum absolute atomic E-state index is 12.6. The number of ether oxygens (including phenoxy) is 1. The molecular weight excluding hydrogens is 342 g/mol. The lowest BCUT2D eigenvalue weighted by molar-refractivity contribution is 0.0531. The van der Waals surface area contributed by atoms with E-state index in [1.54, 1.807) is 26.0 Å². The minimum Gasteiger partial charge on any atom is -0.508 e. The van der Waals surface area contributed by atoms with Gasteiger partial charge in [-0.15, -0.1) is 11.3 Å². The van der Waals surface area contributed by atoms with E-state index in [0.717, 1.165) is 21.6 Å². The summed E-state index contributed by atoms with van der Waals surface area (Å²) in [5.74, 6) is -0.306. The zero-order valence-corrected chi connectivity index (χ0v) is 14.4. The Hall–Kier alpha value is -3.00. The highest BCUT2D eigenvalue weighted by Gasteiger charge is 2.20. The number of phenolic OH excluding ortho intramolecular Hbond substituents is 1. The number of aromatic nitrogens is 2. The third-order valence-electron chi connectivity index (χ3n) is 3.52. The summed E-state index contributed by atoms with van der Waals surface area (Å²) in [6.45, 7) is 3.69. The molecule has 2 aromatic heterocycles. The highest BCUT2D eigenvalue weighted by atomic mass is 32.1. The molecule has 3 aromatic rings. The van der Waals surface area contributed by atoms with Gasteiger partial charge in [-0.05, 0) is 49.2 Å². The van der Waals surface area contributed by atoms with Gasteiger partial charge in [0.15, 0.2) is 0 Å². The van der Waals surface area contributed by atoms with E-state index in [9.17, 15) is 14.7 Å². The summed E-state index contributed by atoms with van der Waals surface area (Å²) in [5, 5.41) is 13.7. The van der Waals surface area contributed by atoms with E-state index in [-0.39, 0.29) is 17.9 Å². The number of aryl methyl sites for hydroxylation is 1. The van der Waals surface area contributed by atoms with Gasteiger partial charge in [0.2, 0.25) is 0 Å². The fourth-order valence-electron chi connectivity index (χ4n) is 2.28. The number of benzene rings is 1. The average Bonchev–Trinajstić information content (AvgIpc) is 2.94. The molecular formula is C17H15N3O4S. The molecule has 128 valence electrons. The first-order valence-electron chi connectivity index (χ1n) is 7.52. The van der Waals surface area contributed by atoms with E-state index in [2.05, 4.69) is 10.1 Å². The van der Waals surface area contributed by atoms with Crippen molar-refractivity contribution >= 4 is 33.7 Å². The van der Waals surface area contributed by atoms with Crippen LogP contribution >= 0.6 is 11.3 Å². The van der Waals surface area contributed by atoms with Gasteiger partial charge in [0.25, 0.3) is 5.56 Å². The van der Waals surface area contributed by atoms with Gasteiger partial charge in [-0.3, -0.25) is 4.79 Å². The van der Waals surface area contributed by atoms with Gasteiger partial charge in [0.05, 0.1) is 18.2 Å². The number of hydrogen-bond acceptors (Lipinski definition) is 7. The lowest BCUT2D eigenvalue weighted by atomic mass is 10.2. The maximum atomic E-state index is 12.6. The second-order valence-electron chi connectivity index (χ2n) is 5.19. The Balaban J connectivity index is 2.02. The number of thiophene rings is 1. The molecule has 3 rings (SSSR count). The van der Waals surface area contributed by atoms with Gasteiger partial charge in [0.1, 0.15) is 21.8 Å². The van der Waals surface area contributed by atoms with Crippen LogP contribution in [0.2, 0.25) is 0 Å². The van der Waals surface area contributed by atoms with Gasteiger partial charge in [-0.25, -0.2) is 9.78 Å². The summed E-state index contributed by atoms with van der Waals surface area (Å²) in [5.41, 5.74) is 0.911. The van der Waals surface area contributed by atoms with Gasteiger partial charge >= 0.3 is 5.97 Å². The summed E-state index contributed by atoms with van der Waals surface area (Å²) in [7, 11) is 0. The highest BCUT2D eigenvalue weighted by Crippen LogP contribution is 2.27. The largest absolute Gasteiger partial charge is 0.508 e. The van der Waals surface area contributed by atoms with E-state index in [1.807, 2.05) is 0 Å². The zero-order valence-electron chi connectivity index (χ0n) is 13.6. The molecule has 0 spiro atoms. The molecule has 2 heterocycles. The molecule has 8 heteroatoms. The highest BCUT2D eigenvalue weighted by molar-refractivity contribution is 7.20. The number of rotatable bonds is 4. The quantitative estimate of drug-likeness (QED) is 0.572. The third-order valence-corrected chi connectivity index (χ3v) is 4.70. The van der Waals surface area contributed by atoms with E-state index < -0.39 is 5.97 Å². The summed E-state index contributed by atoms with van der Waals surface area (Å²) >= 11 is 1.13. The van der Waals surface area contributed by atoms with Crippen LogP contribution in [0.4, 0.5) is 0 Å². The van der Waals surface area contributed by atoms with Crippen molar-refractivity contribution in [3.05, 3.63) is 57.0 Å². The summed E-state index contributed by atoms with van der Waals surface area (Å²) < 4.78 is 6.12. The monoisotopic (exact) mass is 357 g/mol. The summed E-state index contributed by atoms with van der Waals surface area (Å²) in [6.07, 6.45) is 2.80. The molecule has 0 fully saturated rings. The van der Waals surface area contributed by atoms with Crippen LogP contribution in [0.15, 0.2) is 40.5 Å².